The van der Waals surface area contributed by atoms with Crippen molar-refractivity contribution >= 4 is 57.9 Å². The minimum atomic E-state index is -1.50. The number of benzene rings is 3. The average Bonchev–Trinajstić information content (AvgIpc) is 3.73. The minimum Gasteiger partial charge on any atom is -0.471 e. The van der Waals surface area contributed by atoms with Crippen molar-refractivity contribution in [1.29, 1.82) is 0 Å². The number of aromatic nitrogens is 2. The smallest absolute Gasteiger partial charge is 0.408 e. The molecular formula is C45H45N7O7S. The van der Waals surface area contributed by atoms with Crippen LogP contribution in [0, 0.1) is 5.92 Å². The number of fused-ring (bicyclic) bond motifs is 1. The first-order valence-electron chi connectivity index (χ1n) is 20.1. The third-order valence-electron chi connectivity index (χ3n) is 11.2. The Morgan fingerprint density at radius 1 is 0.883 bits per heavy atom. The maximum atomic E-state index is 14.9. The maximum absolute atomic E-state index is 14.9. The van der Waals surface area contributed by atoms with Gasteiger partial charge >= 0.3 is 12.1 Å². The molecule has 0 radical (unpaired) electrons. The Hall–Kier alpha value is -6.61. The largest absolute Gasteiger partial charge is 0.471 e. The summed E-state index contributed by atoms with van der Waals surface area (Å²) in [6.45, 7) is 3.80. The molecule has 5 atom stereocenters. The van der Waals surface area contributed by atoms with Crippen LogP contribution < -0.4 is 26.0 Å². The molecule has 8 rings (SSSR count). The van der Waals surface area contributed by atoms with Crippen molar-refractivity contribution in [3.63, 3.8) is 0 Å². The molecule has 1 aliphatic heterocycles. The van der Waals surface area contributed by atoms with E-state index in [0.29, 0.717) is 22.4 Å². The molecule has 3 aliphatic rings. The Labute approximate surface area is 350 Å². The van der Waals surface area contributed by atoms with Gasteiger partial charge in [0, 0.05) is 24.4 Å². The van der Waals surface area contributed by atoms with Gasteiger partial charge in [0.25, 0.3) is 5.91 Å². The van der Waals surface area contributed by atoms with Gasteiger partial charge in [0.05, 0.1) is 22.5 Å². The zero-order chi connectivity index (χ0) is 41.6. The van der Waals surface area contributed by atoms with Crippen molar-refractivity contribution in [1.82, 2.24) is 30.8 Å². The average molecular weight is 828 g/mol. The fourth-order valence-corrected chi connectivity index (χ4v) is 8.70. The number of hydrogen-bond acceptors (Lipinski definition) is 10. The number of thiophene rings is 1. The Morgan fingerprint density at radius 2 is 1.58 bits per heavy atom. The standard InChI is InChI=1S/C45H45N7O7S/c1-2-29-26-45(29,42(55)50-43(56)46-30-16-7-4-8-17-30)51-39(53)36-25-32(58-40-38(37-22-13-23-60-37)47-33-20-11-12-21-34(33)48-40)27-52(36)41(54)35(24-28-14-5-3-6-15-28)49-44(57)59-31-18-9-10-19-31/h2-8,11-17,20-23,29,31-32,35-36H,1,9-10,18-19,24-27H2,(H,49,57)(H,51,53)(H2,46,50,55,56)/t29?,32-,35-,36+,45-/m1/s1. The van der Waals surface area contributed by atoms with E-state index in [1.165, 1.54) is 16.2 Å². The quantitative estimate of drug-likeness (QED) is 0.0978. The van der Waals surface area contributed by atoms with Crippen LogP contribution in [0.4, 0.5) is 15.3 Å². The fraction of sp³-hybridized carbons (Fsp3) is 0.311. The number of ether oxygens (including phenoxy) is 2. The number of likely N-dealkylation sites (tertiary alicyclic amines) is 1. The molecule has 14 nitrogen and oxygen atoms in total. The molecule has 0 spiro atoms. The zero-order valence-electron chi connectivity index (χ0n) is 32.8. The normalized spacial score (nSPS) is 21.4. The summed E-state index contributed by atoms with van der Waals surface area (Å²) >= 11 is 1.47. The van der Waals surface area contributed by atoms with Gasteiger partial charge in [-0.05, 0) is 73.4 Å². The van der Waals surface area contributed by atoms with E-state index in [1.54, 1.807) is 36.4 Å². The summed E-state index contributed by atoms with van der Waals surface area (Å²) in [5.74, 6) is -2.13. The number of amides is 6. The van der Waals surface area contributed by atoms with Crippen LogP contribution in [0.25, 0.3) is 21.6 Å². The summed E-state index contributed by atoms with van der Waals surface area (Å²) in [5.41, 5.74) is 1.57. The van der Waals surface area contributed by atoms with E-state index in [2.05, 4.69) is 27.8 Å². The Kier molecular flexibility index (Phi) is 11.9. The molecule has 1 saturated heterocycles. The number of para-hydroxylation sites is 3. The highest BCUT2D eigenvalue weighted by Crippen LogP contribution is 2.45. The minimum absolute atomic E-state index is 0.0193. The monoisotopic (exact) mass is 827 g/mol. The number of imide groups is 1. The van der Waals surface area contributed by atoms with Gasteiger partial charge in [0.15, 0.2) is 0 Å². The van der Waals surface area contributed by atoms with Crippen LogP contribution in [0.15, 0.2) is 115 Å². The van der Waals surface area contributed by atoms with Crippen molar-refractivity contribution in [2.75, 3.05) is 11.9 Å². The second-order valence-corrected chi connectivity index (χ2v) is 16.3. The van der Waals surface area contributed by atoms with Crippen LogP contribution in [-0.2, 0) is 25.5 Å². The molecule has 2 saturated carbocycles. The molecular weight excluding hydrogens is 783 g/mol. The number of hydrogen-bond donors (Lipinski definition) is 4. The molecule has 60 heavy (non-hydrogen) atoms. The van der Waals surface area contributed by atoms with Crippen LogP contribution in [0.5, 0.6) is 5.88 Å². The molecule has 2 aliphatic carbocycles. The molecule has 3 fully saturated rings. The Morgan fingerprint density at radius 3 is 2.27 bits per heavy atom. The fourth-order valence-electron chi connectivity index (χ4n) is 7.99. The van der Waals surface area contributed by atoms with Gasteiger partial charge in [-0.25, -0.2) is 19.6 Å². The first-order valence-corrected chi connectivity index (χ1v) is 21.0. The lowest BCUT2D eigenvalue weighted by Gasteiger charge is -2.30. The summed E-state index contributed by atoms with van der Waals surface area (Å²) in [7, 11) is 0. The van der Waals surface area contributed by atoms with Crippen LogP contribution >= 0.6 is 11.3 Å². The van der Waals surface area contributed by atoms with Crippen LogP contribution in [0.2, 0.25) is 0 Å². The van der Waals surface area contributed by atoms with Crippen molar-refractivity contribution in [2.45, 2.75) is 74.8 Å². The zero-order valence-corrected chi connectivity index (χ0v) is 33.6. The molecule has 5 aromatic rings. The van der Waals surface area contributed by atoms with E-state index >= 15 is 0 Å². The molecule has 3 heterocycles. The van der Waals surface area contributed by atoms with Gasteiger partial charge < -0.3 is 30.3 Å². The first kappa shape index (κ1) is 40.2. The SMILES string of the molecule is C=CC1C[C@]1(NC(=O)[C@@H]1C[C@@H](Oc2nc3ccccc3nc2-c2cccs2)CN1C(=O)[C@@H](Cc1ccccc1)NC(=O)OC1CCCC1)C(=O)NC(=O)Nc1ccccc1. The second-order valence-electron chi connectivity index (χ2n) is 15.3. The summed E-state index contributed by atoms with van der Waals surface area (Å²) in [6, 6.07) is 26.1. The van der Waals surface area contributed by atoms with Gasteiger partial charge in [-0.1, -0.05) is 72.8 Å². The molecule has 3 aromatic carbocycles. The summed E-state index contributed by atoms with van der Waals surface area (Å²) in [5, 5.41) is 12.6. The van der Waals surface area contributed by atoms with Gasteiger partial charge in [-0.15, -0.1) is 17.9 Å². The molecule has 0 bridgehead atoms. The van der Waals surface area contributed by atoms with E-state index in [9.17, 15) is 24.0 Å². The number of carbonyl (C=O) groups excluding carboxylic acids is 5. The van der Waals surface area contributed by atoms with Gasteiger partial charge in [0.2, 0.25) is 17.7 Å². The first-order chi connectivity index (χ1) is 29.2. The summed E-state index contributed by atoms with van der Waals surface area (Å²) in [6.07, 6.45) is 3.58. The van der Waals surface area contributed by atoms with Crippen molar-refractivity contribution in [2.24, 2.45) is 5.92 Å². The molecule has 1 unspecified atom stereocenters. The third-order valence-corrected chi connectivity index (χ3v) is 12.1. The molecule has 2 aromatic heterocycles. The lowest BCUT2D eigenvalue weighted by Crippen LogP contribution is -2.58. The number of carbonyl (C=O) groups is 5. The van der Waals surface area contributed by atoms with Crippen molar-refractivity contribution < 1.29 is 33.4 Å². The number of anilines is 1. The predicted molar refractivity (Wildman–Crippen MR) is 226 cm³/mol. The number of urea groups is 1. The van der Waals surface area contributed by atoms with Crippen molar-refractivity contribution in [3.05, 3.63) is 121 Å². The number of nitrogens with zero attached hydrogens (tertiary/aromatic N) is 3. The van der Waals surface area contributed by atoms with E-state index < -0.39 is 59.5 Å². The summed E-state index contributed by atoms with van der Waals surface area (Å²) in [4.78, 5) is 81.4. The highest BCUT2D eigenvalue weighted by atomic mass is 32.1. The predicted octanol–water partition coefficient (Wildman–Crippen LogP) is 6.40. The number of alkyl carbamates (subject to hydrolysis) is 1. The topological polar surface area (TPSA) is 181 Å². The Balaban J connectivity index is 1.08. The molecule has 6 amide bonds. The molecule has 308 valence electrons. The molecule has 15 heteroatoms. The number of rotatable bonds is 13. The lowest BCUT2D eigenvalue weighted by atomic mass is 10.0. The third kappa shape index (κ3) is 9.00. The van der Waals surface area contributed by atoms with Crippen LogP contribution in [0.3, 0.4) is 0 Å². The highest BCUT2D eigenvalue weighted by Gasteiger charge is 2.61. The van der Waals surface area contributed by atoms with E-state index in [-0.39, 0.29) is 37.8 Å². The lowest BCUT2D eigenvalue weighted by molar-refractivity contribution is -0.141. The second kappa shape index (κ2) is 17.7. The van der Waals surface area contributed by atoms with E-state index in [4.69, 9.17) is 19.4 Å². The maximum Gasteiger partial charge on any atom is 0.408 e. The van der Waals surface area contributed by atoms with Gasteiger partial charge in [-0.3, -0.25) is 19.7 Å². The van der Waals surface area contributed by atoms with Crippen molar-refractivity contribution in [3.8, 4) is 16.5 Å². The van der Waals surface area contributed by atoms with Gasteiger partial charge in [0.1, 0.15) is 35.5 Å². The Bertz CT molecular complexity index is 2380. The van der Waals surface area contributed by atoms with E-state index in [1.807, 2.05) is 72.1 Å². The number of nitrogens with one attached hydrogen (secondary N) is 4. The van der Waals surface area contributed by atoms with Gasteiger partial charge in [-0.2, -0.15) is 0 Å². The van der Waals surface area contributed by atoms with Crippen LogP contribution in [-0.4, -0.2) is 81.1 Å². The molecule has 4 N–H and O–H groups in total. The highest BCUT2D eigenvalue weighted by molar-refractivity contribution is 7.13. The van der Waals surface area contributed by atoms with E-state index in [0.717, 1.165) is 36.1 Å². The summed E-state index contributed by atoms with van der Waals surface area (Å²) < 4.78 is 12.3. The van der Waals surface area contributed by atoms with Crippen LogP contribution in [0.1, 0.15) is 44.1 Å².